The van der Waals surface area contributed by atoms with Gasteiger partial charge in [-0.3, -0.25) is 9.59 Å². The molecule has 8 nitrogen and oxygen atoms in total. The number of carbonyl (C=O) groups is 1. The maximum absolute atomic E-state index is 13.8. The highest BCUT2D eigenvalue weighted by Gasteiger charge is 2.35. The zero-order valence-electron chi connectivity index (χ0n) is 19.5. The van der Waals surface area contributed by atoms with Gasteiger partial charge in [0, 0.05) is 29.5 Å². The molecular weight excluding hydrogens is 424 g/mol. The van der Waals surface area contributed by atoms with Gasteiger partial charge in [-0.15, -0.1) is 0 Å². The van der Waals surface area contributed by atoms with Crippen LogP contribution < -0.4 is 24.5 Å². The number of ether oxygens (including phenoxy) is 4. The molecule has 0 spiro atoms. The molecule has 0 radical (unpaired) electrons. The summed E-state index contributed by atoms with van der Waals surface area (Å²) in [4.78, 5) is 27.4. The van der Waals surface area contributed by atoms with E-state index >= 15 is 0 Å². The predicted molar refractivity (Wildman–Crippen MR) is 124 cm³/mol. The average molecular weight is 451 g/mol. The summed E-state index contributed by atoms with van der Waals surface area (Å²) in [5, 5.41) is 0.983. The summed E-state index contributed by atoms with van der Waals surface area (Å²) >= 11 is 0. The highest BCUT2D eigenvalue weighted by molar-refractivity contribution is 6.27. The van der Waals surface area contributed by atoms with Crippen LogP contribution in [-0.4, -0.2) is 63.5 Å². The smallest absolute Gasteiger partial charge is 0.259 e. The van der Waals surface area contributed by atoms with Crippen molar-refractivity contribution in [1.82, 2.24) is 4.57 Å². The first-order valence-electron chi connectivity index (χ1n) is 10.8. The number of ketones is 1. The van der Waals surface area contributed by atoms with E-state index in [1.807, 2.05) is 6.07 Å². The van der Waals surface area contributed by atoms with Crippen molar-refractivity contribution in [3.8, 4) is 34.3 Å². The van der Waals surface area contributed by atoms with Gasteiger partial charge in [0.25, 0.3) is 5.56 Å². The van der Waals surface area contributed by atoms with Gasteiger partial charge in [-0.05, 0) is 24.3 Å². The van der Waals surface area contributed by atoms with Crippen molar-refractivity contribution in [2.45, 2.75) is 13.0 Å². The summed E-state index contributed by atoms with van der Waals surface area (Å²) < 4.78 is 24.5. The van der Waals surface area contributed by atoms with Gasteiger partial charge in [0.1, 0.15) is 0 Å². The van der Waals surface area contributed by atoms with Crippen LogP contribution in [0.25, 0.3) is 22.0 Å². The second kappa shape index (κ2) is 7.52. The normalized spacial score (nSPS) is 13.9. The van der Waals surface area contributed by atoms with E-state index in [0.29, 0.717) is 62.7 Å². The predicted octanol–water partition coefficient (Wildman–Crippen LogP) is 3.06. The lowest BCUT2D eigenvalue weighted by molar-refractivity contribution is -0.870. The van der Waals surface area contributed by atoms with E-state index in [4.69, 9.17) is 18.9 Å². The molecule has 1 aliphatic carbocycles. The number of methoxy groups -OCH3 is 2. The minimum absolute atomic E-state index is 0.115. The van der Waals surface area contributed by atoms with Crippen LogP contribution in [0.15, 0.2) is 29.1 Å². The summed E-state index contributed by atoms with van der Waals surface area (Å²) in [6, 6.07) is 6.90. The Kier molecular flexibility index (Phi) is 4.86. The minimum Gasteiger partial charge on any atom is -0.493 e. The lowest BCUT2D eigenvalue weighted by Crippen LogP contribution is -2.36. The number of pyridine rings is 1. The largest absolute Gasteiger partial charge is 0.493 e. The highest BCUT2D eigenvalue weighted by atomic mass is 16.7. The molecule has 1 aliphatic heterocycles. The maximum atomic E-state index is 13.8. The van der Waals surface area contributed by atoms with Gasteiger partial charge in [0.05, 0.1) is 58.6 Å². The fraction of sp³-hybridized carbons (Fsp3) is 0.360. The van der Waals surface area contributed by atoms with Crippen LogP contribution in [0.2, 0.25) is 0 Å². The maximum Gasteiger partial charge on any atom is 0.259 e. The number of benzene rings is 2. The van der Waals surface area contributed by atoms with Crippen LogP contribution in [-0.2, 0) is 6.54 Å². The molecule has 0 saturated carbocycles. The first kappa shape index (κ1) is 21.3. The van der Waals surface area contributed by atoms with Crippen molar-refractivity contribution >= 4 is 16.6 Å². The fourth-order valence-electron chi connectivity index (χ4n) is 4.66. The molecule has 0 atom stereocenters. The number of quaternary nitrogens is 1. The quantitative estimate of drug-likeness (QED) is 0.420. The molecule has 2 heterocycles. The summed E-state index contributed by atoms with van der Waals surface area (Å²) in [7, 11) is 9.41. The lowest BCUT2D eigenvalue weighted by atomic mass is 10.0. The Morgan fingerprint density at radius 2 is 1.52 bits per heavy atom. The van der Waals surface area contributed by atoms with Crippen molar-refractivity contribution in [3.63, 3.8) is 0 Å². The summed E-state index contributed by atoms with van der Waals surface area (Å²) in [5.41, 5.74) is 2.16. The Bertz CT molecular complexity index is 1370. The average Bonchev–Trinajstić information content (AvgIpc) is 3.35. The Morgan fingerprint density at radius 1 is 0.909 bits per heavy atom. The fourth-order valence-corrected chi connectivity index (χ4v) is 4.66. The Labute approximate surface area is 191 Å². The van der Waals surface area contributed by atoms with Gasteiger partial charge in [-0.25, -0.2) is 0 Å². The van der Waals surface area contributed by atoms with E-state index in [2.05, 4.69) is 21.1 Å². The number of fused-ring (bicyclic) bond motifs is 6. The molecule has 2 aromatic carbocycles. The van der Waals surface area contributed by atoms with Crippen LogP contribution in [0.5, 0.6) is 23.0 Å². The van der Waals surface area contributed by atoms with E-state index in [1.54, 1.807) is 22.8 Å². The van der Waals surface area contributed by atoms with Crippen LogP contribution in [0.4, 0.5) is 0 Å². The van der Waals surface area contributed by atoms with Crippen molar-refractivity contribution in [3.05, 3.63) is 45.7 Å². The minimum atomic E-state index is -0.163. The van der Waals surface area contributed by atoms with Crippen molar-refractivity contribution in [2.75, 3.05) is 48.7 Å². The molecule has 0 saturated heterocycles. The van der Waals surface area contributed by atoms with E-state index in [-0.39, 0.29) is 18.1 Å². The van der Waals surface area contributed by atoms with E-state index in [1.165, 1.54) is 14.2 Å². The Morgan fingerprint density at radius 3 is 2.12 bits per heavy atom. The standard InChI is InChI=1S/C25H27N2O6/c1-27(2,3)8-6-7-26-23-15-10-20-21(33-13-32-20)11-16(15)24(28)22(23)14-9-18(30-4)19(31-5)12-17(14)25(26)29/h9-12H,6-8,13H2,1-5H3/q+1. The first-order chi connectivity index (χ1) is 15.7. The molecule has 0 bridgehead atoms. The number of aromatic nitrogens is 1. The van der Waals surface area contributed by atoms with Crippen molar-refractivity contribution in [2.24, 2.45) is 0 Å². The number of carbonyl (C=O) groups excluding carboxylic acids is 1. The summed E-state index contributed by atoms with van der Waals surface area (Å²) in [6.07, 6.45) is 0.780. The molecule has 5 rings (SSSR count). The van der Waals surface area contributed by atoms with Gasteiger partial charge < -0.3 is 28.0 Å². The Hall–Kier alpha value is -3.52. The number of rotatable bonds is 6. The number of hydrogen-bond donors (Lipinski definition) is 0. The van der Waals surface area contributed by atoms with E-state index in [0.717, 1.165) is 17.4 Å². The summed E-state index contributed by atoms with van der Waals surface area (Å²) in [5.74, 6) is 1.89. The van der Waals surface area contributed by atoms with Gasteiger partial charge >= 0.3 is 0 Å². The third-order valence-electron chi connectivity index (χ3n) is 6.23. The summed E-state index contributed by atoms with van der Waals surface area (Å²) in [6.45, 7) is 1.49. The van der Waals surface area contributed by atoms with Gasteiger partial charge in [-0.2, -0.15) is 0 Å². The number of hydrogen-bond acceptors (Lipinski definition) is 6. The molecule has 3 aromatic rings. The third-order valence-corrected chi connectivity index (χ3v) is 6.23. The molecule has 0 amide bonds. The topological polar surface area (TPSA) is 76.0 Å². The second-order valence-electron chi connectivity index (χ2n) is 9.38. The Balaban J connectivity index is 1.80. The van der Waals surface area contributed by atoms with Crippen LogP contribution in [0, 0.1) is 0 Å². The molecule has 2 aliphatic rings. The second-order valence-corrected chi connectivity index (χ2v) is 9.38. The zero-order chi connectivity index (χ0) is 23.5. The lowest BCUT2D eigenvalue weighted by Gasteiger charge is -2.24. The van der Waals surface area contributed by atoms with Crippen molar-refractivity contribution < 1.29 is 28.2 Å². The van der Waals surface area contributed by atoms with Crippen LogP contribution in [0.3, 0.4) is 0 Å². The third kappa shape index (κ3) is 3.33. The molecule has 8 heteroatoms. The molecule has 0 fully saturated rings. The highest BCUT2D eigenvalue weighted by Crippen LogP contribution is 2.46. The molecule has 172 valence electrons. The monoisotopic (exact) mass is 451 g/mol. The molecule has 0 N–H and O–H groups in total. The molecule has 0 unspecified atom stereocenters. The van der Waals surface area contributed by atoms with Gasteiger partial charge in [-0.1, -0.05) is 0 Å². The zero-order valence-corrected chi connectivity index (χ0v) is 19.5. The first-order valence-corrected chi connectivity index (χ1v) is 10.8. The molecule has 1 aromatic heterocycles. The van der Waals surface area contributed by atoms with Crippen molar-refractivity contribution in [1.29, 1.82) is 0 Å². The van der Waals surface area contributed by atoms with E-state index < -0.39 is 0 Å². The van der Waals surface area contributed by atoms with Crippen LogP contribution >= 0.6 is 0 Å². The SMILES string of the molecule is COc1cc2c3c(n(CCC[N+](C)(C)C)c(=O)c2cc1OC)-c1cc2c(cc1C3=O)OCO2. The molecule has 33 heavy (non-hydrogen) atoms. The number of nitrogens with zero attached hydrogens (tertiary/aromatic N) is 2. The van der Waals surface area contributed by atoms with Gasteiger partial charge in [0.15, 0.2) is 28.8 Å². The van der Waals surface area contributed by atoms with Crippen LogP contribution in [0.1, 0.15) is 22.3 Å². The molecular formula is C25H27N2O6+. The van der Waals surface area contributed by atoms with E-state index in [9.17, 15) is 9.59 Å². The van der Waals surface area contributed by atoms with Gasteiger partial charge in [0.2, 0.25) is 6.79 Å².